The highest BCUT2D eigenvalue weighted by Gasteiger charge is 2.49. The summed E-state index contributed by atoms with van der Waals surface area (Å²) in [5.41, 5.74) is 1.68. The van der Waals surface area contributed by atoms with Crippen molar-refractivity contribution < 1.29 is 14.6 Å². The van der Waals surface area contributed by atoms with Gasteiger partial charge in [-0.25, -0.2) is 0 Å². The summed E-state index contributed by atoms with van der Waals surface area (Å²) >= 11 is 0. The molecule has 26 heavy (non-hydrogen) atoms. The van der Waals surface area contributed by atoms with E-state index in [4.69, 9.17) is 4.74 Å². The fraction of sp³-hybridized carbons (Fsp3) is 0.500. The SMILES string of the molecule is COC(=O)CC12CCC(NCc3ccc4cc(O)ccc4c3)(CC1)CC2. The lowest BCUT2D eigenvalue weighted by atomic mass is 9.56. The zero-order valence-corrected chi connectivity index (χ0v) is 15.4. The summed E-state index contributed by atoms with van der Waals surface area (Å²) in [6, 6.07) is 11.9. The van der Waals surface area contributed by atoms with E-state index in [9.17, 15) is 9.90 Å². The van der Waals surface area contributed by atoms with Gasteiger partial charge in [0.05, 0.1) is 13.5 Å². The van der Waals surface area contributed by atoms with E-state index >= 15 is 0 Å². The molecule has 2 N–H and O–H groups in total. The summed E-state index contributed by atoms with van der Waals surface area (Å²) in [6.07, 6.45) is 7.36. The van der Waals surface area contributed by atoms with Crippen molar-refractivity contribution in [1.29, 1.82) is 0 Å². The molecule has 4 nitrogen and oxygen atoms in total. The first-order valence-electron chi connectivity index (χ1n) is 9.55. The maximum absolute atomic E-state index is 11.7. The maximum atomic E-state index is 11.7. The molecule has 0 atom stereocenters. The number of rotatable bonds is 5. The first kappa shape index (κ1) is 17.3. The van der Waals surface area contributed by atoms with Crippen molar-refractivity contribution >= 4 is 16.7 Å². The molecule has 0 unspecified atom stereocenters. The first-order chi connectivity index (χ1) is 12.5. The molecule has 2 aromatic rings. The van der Waals surface area contributed by atoms with Gasteiger partial charge in [-0.15, -0.1) is 0 Å². The van der Waals surface area contributed by atoms with Gasteiger partial charge in [0.1, 0.15) is 5.75 Å². The van der Waals surface area contributed by atoms with Crippen LogP contribution in [0.25, 0.3) is 10.8 Å². The molecule has 138 valence electrons. The number of phenols is 1. The molecule has 0 heterocycles. The number of hydrogen-bond donors (Lipinski definition) is 2. The molecule has 0 amide bonds. The van der Waals surface area contributed by atoms with Crippen LogP contribution in [0.2, 0.25) is 0 Å². The van der Waals surface area contributed by atoms with Crippen molar-refractivity contribution in [2.24, 2.45) is 5.41 Å². The van der Waals surface area contributed by atoms with Gasteiger partial charge in [-0.2, -0.15) is 0 Å². The van der Waals surface area contributed by atoms with Crippen LogP contribution in [0.5, 0.6) is 5.75 Å². The van der Waals surface area contributed by atoms with E-state index in [1.54, 1.807) is 12.1 Å². The van der Waals surface area contributed by atoms with Gasteiger partial charge in [0.25, 0.3) is 0 Å². The smallest absolute Gasteiger partial charge is 0.306 e. The summed E-state index contributed by atoms with van der Waals surface area (Å²) in [5.74, 6) is 0.247. The van der Waals surface area contributed by atoms with Crippen LogP contribution in [0.15, 0.2) is 36.4 Å². The van der Waals surface area contributed by atoms with E-state index in [0.29, 0.717) is 12.2 Å². The van der Waals surface area contributed by atoms with Gasteiger partial charge < -0.3 is 15.2 Å². The van der Waals surface area contributed by atoms with Gasteiger partial charge in [0, 0.05) is 12.1 Å². The molecule has 0 aromatic heterocycles. The normalized spacial score (nSPS) is 27.6. The van der Waals surface area contributed by atoms with Gasteiger partial charge in [0.15, 0.2) is 0 Å². The fourth-order valence-electron chi connectivity index (χ4n) is 4.85. The molecular weight excluding hydrogens is 326 g/mol. The number of aromatic hydroxyl groups is 1. The third-order valence-electron chi connectivity index (χ3n) is 6.70. The van der Waals surface area contributed by atoms with E-state index in [2.05, 4.69) is 23.5 Å². The topological polar surface area (TPSA) is 58.6 Å². The number of benzene rings is 2. The van der Waals surface area contributed by atoms with E-state index in [1.165, 1.54) is 12.7 Å². The summed E-state index contributed by atoms with van der Waals surface area (Å²) in [7, 11) is 1.49. The zero-order chi connectivity index (χ0) is 18.2. The Kier molecular flexibility index (Phi) is 4.39. The number of nitrogens with one attached hydrogen (secondary N) is 1. The lowest BCUT2D eigenvalue weighted by Crippen LogP contribution is -2.54. The van der Waals surface area contributed by atoms with Crippen LogP contribution in [0.3, 0.4) is 0 Å². The van der Waals surface area contributed by atoms with Gasteiger partial charge in [-0.3, -0.25) is 4.79 Å². The molecule has 0 radical (unpaired) electrons. The molecule has 3 aliphatic rings. The van der Waals surface area contributed by atoms with Crippen molar-refractivity contribution in [2.45, 2.75) is 57.0 Å². The number of methoxy groups -OCH3 is 1. The number of phenolic OH excluding ortho intramolecular Hbond substituents is 1. The van der Waals surface area contributed by atoms with Crippen molar-refractivity contribution in [2.75, 3.05) is 7.11 Å². The lowest BCUT2D eigenvalue weighted by Gasteiger charge is -2.53. The first-order valence-corrected chi connectivity index (χ1v) is 9.55. The zero-order valence-electron chi connectivity index (χ0n) is 15.4. The third-order valence-corrected chi connectivity index (χ3v) is 6.70. The molecule has 0 spiro atoms. The number of carbonyl (C=O) groups excluding carboxylic acids is 1. The van der Waals surface area contributed by atoms with Crippen LogP contribution in [-0.4, -0.2) is 23.7 Å². The summed E-state index contributed by atoms with van der Waals surface area (Å²) in [6.45, 7) is 0.862. The Morgan fingerprint density at radius 1 is 1.04 bits per heavy atom. The summed E-state index contributed by atoms with van der Waals surface area (Å²) in [4.78, 5) is 11.7. The lowest BCUT2D eigenvalue weighted by molar-refractivity contribution is -0.145. The second-order valence-corrected chi connectivity index (χ2v) is 8.25. The average Bonchev–Trinajstić information content (AvgIpc) is 2.67. The minimum atomic E-state index is -0.0606. The summed E-state index contributed by atoms with van der Waals surface area (Å²) in [5, 5.41) is 15.6. The van der Waals surface area contributed by atoms with Crippen LogP contribution >= 0.6 is 0 Å². The number of hydrogen-bond acceptors (Lipinski definition) is 4. The van der Waals surface area contributed by atoms with E-state index < -0.39 is 0 Å². The third kappa shape index (κ3) is 3.30. The highest BCUT2D eigenvalue weighted by Crippen LogP contribution is 2.54. The number of fused-ring (bicyclic) bond motifs is 4. The molecular formula is C22H27NO3. The molecule has 3 fully saturated rings. The predicted molar refractivity (Wildman–Crippen MR) is 102 cm³/mol. The monoisotopic (exact) mass is 353 g/mol. The van der Waals surface area contributed by atoms with E-state index in [-0.39, 0.29) is 16.9 Å². The number of esters is 1. The molecule has 5 rings (SSSR count). The van der Waals surface area contributed by atoms with Crippen molar-refractivity contribution in [3.63, 3.8) is 0 Å². The van der Waals surface area contributed by atoms with Crippen molar-refractivity contribution in [3.8, 4) is 5.75 Å². The Balaban J connectivity index is 1.40. The van der Waals surface area contributed by atoms with Crippen LogP contribution in [-0.2, 0) is 16.1 Å². The van der Waals surface area contributed by atoms with E-state index in [1.807, 2.05) is 6.07 Å². The minimum Gasteiger partial charge on any atom is -0.508 e. The fourth-order valence-corrected chi connectivity index (χ4v) is 4.85. The van der Waals surface area contributed by atoms with Gasteiger partial charge >= 0.3 is 5.97 Å². The molecule has 0 aliphatic heterocycles. The Morgan fingerprint density at radius 3 is 2.38 bits per heavy atom. The van der Waals surface area contributed by atoms with Crippen molar-refractivity contribution in [1.82, 2.24) is 5.32 Å². The molecule has 2 aromatic carbocycles. The van der Waals surface area contributed by atoms with Crippen LogP contribution < -0.4 is 5.32 Å². The Morgan fingerprint density at radius 2 is 1.69 bits per heavy atom. The Bertz CT molecular complexity index is 805. The Hall–Kier alpha value is -2.07. The van der Waals surface area contributed by atoms with Crippen LogP contribution in [0.1, 0.15) is 50.5 Å². The van der Waals surface area contributed by atoms with E-state index in [0.717, 1.165) is 55.8 Å². The van der Waals surface area contributed by atoms with Gasteiger partial charge in [-0.05, 0) is 78.5 Å². The standard InChI is InChI=1S/C22H27NO3/c1-26-20(25)14-21-6-9-22(10-7-21,11-8-21)23-15-16-2-3-18-13-19(24)5-4-17(18)12-16/h2-5,12-13,23-24H,6-11,14-15H2,1H3. The quantitative estimate of drug-likeness (QED) is 0.787. The van der Waals surface area contributed by atoms with Crippen LogP contribution in [0, 0.1) is 5.41 Å². The summed E-state index contributed by atoms with van der Waals surface area (Å²) < 4.78 is 4.90. The molecule has 3 aliphatic carbocycles. The van der Waals surface area contributed by atoms with Gasteiger partial charge in [0.2, 0.25) is 0 Å². The highest BCUT2D eigenvalue weighted by atomic mass is 16.5. The highest BCUT2D eigenvalue weighted by molar-refractivity contribution is 5.84. The molecule has 0 saturated heterocycles. The minimum absolute atomic E-state index is 0.0606. The van der Waals surface area contributed by atoms with Gasteiger partial charge in [-0.1, -0.05) is 18.2 Å². The molecule has 4 heteroatoms. The number of ether oxygens (including phenoxy) is 1. The van der Waals surface area contributed by atoms with Crippen LogP contribution in [0.4, 0.5) is 0 Å². The average molecular weight is 353 g/mol. The second-order valence-electron chi connectivity index (χ2n) is 8.25. The molecule has 2 bridgehead atoms. The van der Waals surface area contributed by atoms with Crippen molar-refractivity contribution in [3.05, 3.63) is 42.0 Å². The Labute approximate surface area is 154 Å². The maximum Gasteiger partial charge on any atom is 0.306 e. The molecule has 3 saturated carbocycles. The predicted octanol–water partition coefficient (Wildman–Crippen LogP) is 4.29. The second kappa shape index (κ2) is 6.58. The number of carbonyl (C=O) groups is 1. The largest absolute Gasteiger partial charge is 0.508 e.